The second-order valence-electron chi connectivity index (χ2n) is 7.23. The molecule has 0 atom stereocenters. The Morgan fingerprint density at radius 1 is 1.00 bits per heavy atom. The number of aryl methyl sites for hydroxylation is 2. The van der Waals surface area contributed by atoms with Crippen LogP contribution in [0.15, 0.2) is 72.1 Å². The van der Waals surface area contributed by atoms with E-state index >= 15 is 0 Å². The van der Waals surface area contributed by atoms with E-state index in [2.05, 4.69) is 51.8 Å². The lowest BCUT2D eigenvalue weighted by Gasteiger charge is -2.18. The van der Waals surface area contributed by atoms with Crippen molar-refractivity contribution in [2.24, 2.45) is 0 Å². The molecular weight excluding hydrogens is 422 g/mol. The van der Waals surface area contributed by atoms with Crippen molar-refractivity contribution in [2.45, 2.75) is 37.6 Å². The standard InChI is InChI=1S/C24H23N5O2S/c1-3-18-9-6-10-19(4-2)22(18)28-23(20-11-7-13-25-15-20)26-27-24(28)32-16-17-8-5-12-21(14-17)29(30)31/h5-15H,3-4,16H2,1-2H3. The molecular formula is C24H23N5O2S. The number of rotatable bonds is 8. The number of benzene rings is 2. The highest BCUT2D eigenvalue weighted by Crippen LogP contribution is 2.33. The first-order valence-electron chi connectivity index (χ1n) is 10.5. The van der Waals surface area contributed by atoms with E-state index in [0.717, 1.165) is 40.6 Å². The van der Waals surface area contributed by atoms with Crippen LogP contribution in [-0.2, 0) is 18.6 Å². The number of aromatic nitrogens is 4. The number of non-ortho nitro benzene ring substituents is 1. The first-order chi connectivity index (χ1) is 15.6. The van der Waals surface area contributed by atoms with Gasteiger partial charge in [0.25, 0.3) is 5.69 Å². The van der Waals surface area contributed by atoms with Crippen LogP contribution in [0.5, 0.6) is 0 Å². The Kier molecular flexibility index (Phi) is 6.61. The maximum Gasteiger partial charge on any atom is 0.269 e. The van der Waals surface area contributed by atoms with Gasteiger partial charge in [0.05, 0.1) is 10.6 Å². The van der Waals surface area contributed by atoms with E-state index in [1.54, 1.807) is 24.5 Å². The Bertz CT molecular complexity index is 1220. The van der Waals surface area contributed by atoms with Gasteiger partial charge < -0.3 is 0 Å². The van der Waals surface area contributed by atoms with Gasteiger partial charge in [-0.25, -0.2) is 0 Å². The van der Waals surface area contributed by atoms with Crippen molar-refractivity contribution in [3.05, 3.63) is 93.8 Å². The van der Waals surface area contributed by atoms with E-state index in [4.69, 9.17) is 0 Å². The highest BCUT2D eigenvalue weighted by molar-refractivity contribution is 7.98. The molecule has 0 bridgehead atoms. The van der Waals surface area contributed by atoms with Gasteiger partial charge in [0.15, 0.2) is 11.0 Å². The Hall–Kier alpha value is -3.52. The molecule has 0 aliphatic carbocycles. The molecule has 7 nitrogen and oxygen atoms in total. The van der Waals surface area contributed by atoms with Crippen molar-refractivity contribution in [3.63, 3.8) is 0 Å². The third-order valence-electron chi connectivity index (χ3n) is 5.23. The topological polar surface area (TPSA) is 86.7 Å². The molecule has 0 saturated carbocycles. The highest BCUT2D eigenvalue weighted by atomic mass is 32.2. The van der Waals surface area contributed by atoms with E-state index in [1.807, 2.05) is 18.2 Å². The minimum atomic E-state index is -0.373. The zero-order chi connectivity index (χ0) is 22.5. The fourth-order valence-electron chi connectivity index (χ4n) is 3.66. The molecule has 0 amide bonds. The molecule has 8 heteroatoms. The van der Waals surface area contributed by atoms with Crippen molar-refractivity contribution < 1.29 is 4.92 Å². The summed E-state index contributed by atoms with van der Waals surface area (Å²) in [5.74, 6) is 1.28. The van der Waals surface area contributed by atoms with Gasteiger partial charge in [0.1, 0.15) is 0 Å². The fraction of sp³-hybridized carbons (Fsp3) is 0.208. The SMILES string of the molecule is CCc1cccc(CC)c1-n1c(SCc2cccc([N+](=O)[O-])c2)nnc1-c1cccnc1. The molecule has 0 saturated heterocycles. The summed E-state index contributed by atoms with van der Waals surface area (Å²) in [6, 6.07) is 16.9. The molecule has 4 rings (SSSR count). The van der Waals surface area contributed by atoms with E-state index in [0.29, 0.717) is 5.75 Å². The number of para-hydroxylation sites is 1. The fourth-order valence-corrected chi connectivity index (χ4v) is 4.54. The number of hydrogen-bond acceptors (Lipinski definition) is 6. The van der Waals surface area contributed by atoms with Crippen LogP contribution in [0, 0.1) is 10.1 Å². The molecule has 162 valence electrons. The van der Waals surface area contributed by atoms with Crippen LogP contribution in [0.3, 0.4) is 0 Å². The molecule has 0 fully saturated rings. The summed E-state index contributed by atoms with van der Waals surface area (Å²) in [5.41, 5.74) is 5.36. The summed E-state index contributed by atoms with van der Waals surface area (Å²) in [5, 5.41) is 20.9. The van der Waals surface area contributed by atoms with Crippen molar-refractivity contribution in [2.75, 3.05) is 0 Å². The predicted octanol–water partition coefficient (Wildman–Crippen LogP) is 5.65. The van der Waals surface area contributed by atoms with Crippen LogP contribution in [0.2, 0.25) is 0 Å². The summed E-state index contributed by atoms with van der Waals surface area (Å²) in [6.45, 7) is 4.28. The van der Waals surface area contributed by atoms with Gasteiger partial charge in [-0.1, -0.05) is 55.9 Å². The van der Waals surface area contributed by atoms with Gasteiger partial charge in [-0.15, -0.1) is 10.2 Å². The number of nitro benzene ring substituents is 1. The van der Waals surface area contributed by atoms with Crippen molar-refractivity contribution in [1.82, 2.24) is 19.7 Å². The predicted molar refractivity (Wildman–Crippen MR) is 126 cm³/mol. The zero-order valence-corrected chi connectivity index (χ0v) is 18.7. The molecule has 0 aliphatic heterocycles. The van der Waals surface area contributed by atoms with Crippen molar-refractivity contribution in [1.29, 1.82) is 0 Å². The highest BCUT2D eigenvalue weighted by Gasteiger charge is 2.20. The molecule has 2 heterocycles. The van der Waals surface area contributed by atoms with Crippen LogP contribution < -0.4 is 0 Å². The average molecular weight is 446 g/mol. The summed E-state index contributed by atoms with van der Waals surface area (Å²) in [7, 11) is 0. The normalized spacial score (nSPS) is 10.9. The van der Waals surface area contributed by atoms with Crippen LogP contribution in [0.4, 0.5) is 5.69 Å². The maximum atomic E-state index is 11.1. The molecule has 4 aromatic rings. The van der Waals surface area contributed by atoms with E-state index in [-0.39, 0.29) is 10.6 Å². The zero-order valence-electron chi connectivity index (χ0n) is 17.9. The van der Waals surface area contributed by atoms with Crippen LogP contribution >= 0.6 is 11.8 Å². The second kappa shape index (κ2) is 9.74. The minimum absolute atomic E-state index is 0.0882. The number of nitrogens with zero attached hydrogens (tertiary/aromatic N) is 5. The third-order valence-corrected chi connectivity index (χ3v) is 6.23. The van der Waals surface area contributed by atoms with Crippen molar-refractivity contribution in [3.8, 4) is 17.1 Å². The second-order valence-corrected chi connectivity index (χ2v) is 8.17. The van der Waals surface area contributed by atoms with Gasteiger partial charge in [-0.2, -0.15) is 0 Å². The Labute approximate surface area is 190 Å². The maximum absolute atomic E-state index is 11.1. The molecule has 2 aromatic carbocycles. The lowest BCUT2D eigenvalue weighted by atomic mass is 10.0. The number of hydrogen-bond donors (Lipinski definition) is 0. The molecule has 0 unspecified atom stereocenters. The first kappa shape index (κ1) is 21.7. The lowest BCUT2D eigenvalue weighted by Crippen LogP contribution is -2.07. The van der Waals surface area contributed by atoms with Gasteiger partial charge in [0, 0.05) is 35.8 Å². The summed E-state index contributed by atoms with van der Waals surface area (Å²) in [4.78, 5) is 15.0. The Morgan fingerprint density at radius 3 is 2.41 bits per heavy atom. The summed E-state index contributed by atoms with van der Waals surface area (Å²) < 4.78 is 2.11. The van der Waals surface area contributed by atoms with E-state index < -0.39 is 0 Å². The van der Waals surface area contributed by atoms with E-state index in [9.17, 15) is 10.1 Å². The largest absolute Gasteiger partial charge is 0.269 e. The van der Waals surface area contributed by atoms with Crippen LogP contribution in [0.25, 0.3) is 17.1 Å². The van der Waals surface area contributed by atoms with Crippen LogP contribution in [-0.4, -0.2) is 24.7 Å². The van der Waals surface area contributed by atoms with Gasteiger partial charge in [0.2, 0.25) is 0 Å². The molecule has 0 radical (unpaired) electrons. The Balaban J connectivity index is 1.81. The molecule has 0 N–H and O–H groups in total. The quantitative estimate of drug-likeness (QED) is 0.198. The van der Waals surface area contributed by atoms with Crippen LogP contribution in [0.1, 0.15) is 30.5 Å². The first-order valence-corrected chi connectivity index (χ1v) is 11.4. The molecule has 2 aromatic heterocycles. The number of thioether (sulfide) groups is 1. The van der Waals surface area contributed by atoms with Gasteiger partial charge in [-0.3, -0.25) is 19.7 Å². The molecule has 0 aliphatic rings. The minimum Gasteiger partial charge on any atom is -0.269 e. The van der Waals surface area contributed by atoms with Gasteiger partial charge >= 0.3 is 0 Å². The third kappa shape index (κ3) is 4.40. The average Bonchev–Trinajstić information content (AvgIpc) is 3.26. The number of nitro groups is 1. The molecule has 0 spiro atoms. The van der Waals surface area contributed by atoms with Crippen molar-refractivity contribution >= 4 is 17.4 Å². The smallest absolute Gasteiger partial charge is 0.269 e. The summed E-state index contributed by atoms with van der Waals surface area (Å²) in [6.07, 6.45) is 5.28. The number of pyridine rings is 1. The lowest BCUT2D eigenvalue weighted by molar-refractivity contribution is -0.384. The monoisotopic (exact) mass is 445 g/mol. The van der Waals surface area contributed by atoms with Gasteiger partial charge in [-0.05, 0) is 41.7 Å². The Morgan fingerprint density at radius 2 is 1.75 bits per heavy atom. The summed E-state index contributed by atoms with van der Waals surface area (Å²) >= 11 is 1.52. The molecule has 32 heavy (non-hydrogen) atoms. The van der Waals surface area contributed by atoms with E-state index in [1.165, 1.54) is 29.0 Å².